The molecule has 0 bridgehead atoms. The summed E-state index contributed by atoms with van der Waals surface area (Å²) < 4.78 is 12.6. The quantitative estimate of drug-likeness (QED) is 0.595. The van der Waals surface area contributed by atoms with Gasteiger partial charge >= 0.3 is 5.97 Å². The third-order valence-electron chi connectivity index (χ3n) is 4.68. The lowest BCUT2D eigenvalue weighted by molar-refractivity contribution is -0.139. The molecule has 7 heteroatoms. The third kappa shape index (κ3) is 3.71. The summed E-state index contributed by atoms with van der Waals surface area (Å²) in [7, 11) is 0. The number of thiazole rings is 1. The zero-order valence-corrected chi connectivity index (χ0v) is 17.4. The van der Waals surface area contributed by atoms with Gasteiger partial charge in [0, 0.05) is 0 Å². The number of aromatic nitrogens is 1. The van der Waals surface area contributed by atoms with Crippen molar-refractivity contribution in [3.05, 3.63) is 97.1 Å². The second-order valence-corrected chi connectivity index (χ2v) is 7.62. The Morgan fingerprint density at radius 1 is 1.27 bits per heavy atom. The second kappa shape index (κ2) is 8.51. The lowest BCUT2D eigenvalue weighted by Gasteiger charge is -2.24. The zero-order chi connectivity index (χ0) is 21.1. The van der Waals surface area contributed by atoms with Crippen LogP contribution in [-0.2, 0) is 9.53 Å². The summed E-state index contributed by atoms with van der Waals surface area (Å²) in [5, 5.41) is 0. The van der Waals surface area contributed by atoms with E-state index in [1.165, 1.54) is 11.3 Å². The number of ether oxygens (including phenoxy) is 1. The molecule has 0 N–H and O–H groups in total. The number of rotatable bonds is 5. The van der Waals surface area contributed by atoms with Crippen LogP contribution in [0.15, 0.2) is 80.3 Å². The number of hydrogen-bond acceptors (Lipinski definition) is 6. The van der Waals surface area contributed by atoms with Crippen molar-refractivity contribution >= 4 is 29.5 Å². The Morgan fingerprint density at radius 3 is 2.77 bits per heavy atom. The predicted molar refractivity (Wildman–Crippen MR) is 115 cm³/mol. The number of furan rings is 1. The fourth-order valence-electron chi connectivity index (χ4n) is 3.37. The van der Waals surface area contributed by atoms with Crippen LogP contribution in [0.2, 0.25) is 0 Å². The first-order valence-corrected chi connectivity index (χ1v) is 10.4. The summed E-state index contributed by atoms with van der Waals surface area (Å²) in [4.78, 5) is 31.1. The largest absolute Gasteiger partial charge is 0.465 e. The van der Waals surface area contributed by atoms with E-state index in [0.29, 0.717) is 26.4 Å². The molecule has 6 nitrogen and oxygen atoms in total. The standard InChI is InChI=1S/C23H20N2O4S/c1-3-28-22(27)19-15(2)24-23-25(20(19)16-9-5-4-6-10-16)21(26)18(30-23)13-7-11-17-12-8-14-29-17/h4-14,20H,3H2,1-2H3/b11-7+,18-13?/t20-/m1/s1. The lowest BCUT2D eigenvalue weighted by Crippen LogP contribution is -2.39. The predicted octanol–water partition coefficient (Wildman–Crippen LogP) is 3.06. The van der Waals surface area contributed by atoms with Crippen LogP contribution in [0.1, 0.15) is 31.2 Å². The number of fused-ring (bicyclic) bond motifs is 1. The van der Waals surface area contributed by atoms with E-state index in [0.717, 1.165) is 5.56 Å². The maximum absolute atomic E-state index is 13.3. The van der Waals surface area contributed by atoms with Crippen molar-refractivity contribution in [2.45, 2.75) is 19.9 Å². The molecule has 1 aromatic carbocycles. The van der Waals surface area contributed by atoms with E-state index in [-0.39, 0.29) is 12.2 Å². The van der Waals surface area contributed by atoms with Crippen LogP contribution in [0.3, 0.4) is 0 Å². The summed E-state index contributed by atoms with van der Waals surface area (Å²) in [5.74, 6) is 0.237. The summed E-state index contributed by atoms with van der Waals surface area (Å²) >= 11 is 1.29. The van der Waals surface area contributed by atoms with E-state index in [1.54, 1.807) is 49.0 Å². The monoisotopic (exact) mass is 420 g/mol. The molecule has 0 fully saturated rings. The molecule has 4 rings (SSSR count). The van der Waals surface area contributed by atoms with Crippen LogP contribution in [-0.4, -0.2) is 17.1 Å². The van der Waals surface area contributed by atoms with Crippen molar-refractivity contribution in [2.24, 2.45) is 4.99 Å². The van der Waals surface area contributed by atoms with Gasteiger partial charge in [0.05, 0.1) is 34.7 Å². The first-order valence-electron chi connectivity index (χ1n) is 9.55. The Morgan fingerprint density at radius 2 is 2.07 bits per heavy atom. The van der Waals surface area contributed by atoms with Crippen molar-refractivity contribution in [3.63, 3.8) is 0 Å². The SMILES string of the molecule is CCOC(=O)C1=C(C)N=c2sc(=C/C=C/c3ccco3)c(=O)n2[C@@H]1c1ccccc1. The minimum atomic E-state index is -0.585. The highest BCUT2D eigenvalue weighted by atomic mass is 32.1. The Hall–Kier alpha value is -3.45. The molecule has 0 aliphatic carbocycles. The van der Waals surface area contributed by atoms with Crippen LogP contribution in [0.25, 0.3) is 12.2 Å². The number of hydrogen-bond donors (Lipinski definition) is 0. The first-order chi connectivity index (χ1) is 14.6. The molecule has 3 aromatic rings. The Bertz CT molecular complexity index is 1300. The van der Waals surface area contributed by atoms with E-state index < -0.39 is 12.0 Å². The van der Waals surface area contributed by atoms with Crippen LogP contribution in [0.4, 0.5) is 0 Å². The van der Waals surface area contributed by atoms with Gasteiger partial charge in [-0.25, -0.2) is 9.79 Å². The van der Waals surface area contributed by atoms with Gasteiger partial charge in [-0.1, -0.05) is 47.7 Å². The Kier molecular flexibility index (Phi) is 5.63. The highest BCUT2D eigenvalue weighted by Gasteiger charge is 2.33. The fraction of sp³-hybridized carbons (Fsp3) is 0.174. The average Bonchev–Trinajstić information content (AvgIpc) is 3.36. The van der Waals surface area contributed by atoms with Gasteiger partial charge < -0.3 is 9.15 Å². The molecule has 0 spiro atoms. The number of carbonyl (C=O) groups is 1. The molecule has 0 radical (unpaired) electrons. The van der Waals surface area contributed by atoms with Crippen molar-refractivity contribution in [2.75, 3.05) is 6.61 Å². The number of esters is 1. The van der Waals surface area contributed by atoms with Crippen molar-refractivity contribution in [1.29, 1.82) is 0 Å². The second-order valence-electron chi connectivity index (χ2n) is 6.61. The summed E-state index contributed by atoms with van der Waals surface area (Å²) in [6.45, 7) is 3.78. The minimum absolute atomic E-state index is 0.203. The van der Waals surface area contributed by atoms with Gasteiger partial charge in [0.25, 0.3) is 5.56 Å². The minimum Gasteiger partial charge on any atom is -0.465 e. The first kappa shape index (κ1) is 19.8. The summed E-state index contributed by atoms with van der Waals surface area (Å²) in [5.41, 5.74) is 1.56. The maximum Gasteiger partial charge on any atom is 0.338 e. The van der Waals surface area contributed by atoms with Crippen molar-refractivity contribution in [1.82, 2.24) is 4.57 Å². The highest BCUT2D eigenvalue weighted by Crippen LogP contribution is 2.30. The smallest absolute Gasteiger partial charge is 0.338 e. The topological polar surface area (TPSA) is 73.8 Å². The molecule has 0 amide bonds. The van der Waals surface area contributed by atoms with Crippen LogP contribution < -0.4 is 14.9 Å². The molecule has 1 aliphatic rings. The third-order valence-corrected chi connectivity index (χ3v) is 5.68. The summed E-state index contributed by atoms with van der Waals surface area (Å²) in [6, 6.07) is 12.5. The molecule has 0 unspecified atom stereocenters. The molecular formula is C23H20N2O4S. The van der Waals surface area contributed by atoms with E-state index in [2.05, 4.69) is 4.99 Å². The molecule has 0 saturated heterocycles. The number of nitrogens with zero attached hydrogens (tertiary/aromatic N) is 2. The molecule has 30 heavy (non-hydrogen) atoms. The van der Waals surface area contributed by atoms with Gasteiger partial charge in [0.1, 0.15) is 5.76 Å². The normalized spacial score (nSPS) is 16.6. The average molecular weight is 420 g/mol. The van der Waals surface area contributed by atoms with Crippen LogP contribution in [0, 0.1) is 0 Å². The number of benzene rings is 1. The number of carbonyl (C=O) groups excluding carboxylic acids is 1. The molecule has 3 heterocycles. The van der Waals surface area contributed by atoms with Gasteiger partial charge in [-0.2, -0.15) is 0 Å². The van der Waals surface area contributed by atoms with Gasteiger partial charge in [0.2, 0.25) is 0 Å². The van der Waals surface area contributed by atoms with E-state index in [9.17, 15) is 9.59 Å². The zero-order valence-electron chi connectivity index (χ0n) is 16.6. The molecule has 2 aromatic heterocycles. The molecule has 1 aliphatic heterocycles. The summed E-state index contributed by atoms with van der Waals surface area (Å²) in [6.07, 6.45) is 6.87. The van der Waals surface area contributed by atoms with E-state index in [4.69, 9.17) is 9.15 Å². The Labute approximate surface area is 176 Å². The van der Waals surface area contributed by atoms with Crippen LogP contribution >= 0.6 is 11.3 Å². The van der Waals surface area contributed by atoms with Gasteiger partial charge in [-0.15, -0.1) is 0 Å². The molecular weight excluding hydrogens is 400 g/mol. The van der Waals surface area contributed by atoms with E-state index in [1.807, 2.05) is 36.4 Å². The van der Waals surface area contributed by atoms with Crippen molar-refractivity contribution in [3.8, 4) is 0 Å². The maximum atomic E-state index is 13.3. The molecule has 1 atom stereocenters. The molecule has 152 valence electrons. The highest BCUT2D eigenvalue weighted by molar-refractivity contribution is 7.07. The number of allylic oxidation sites excluding steroid dienone is 2. The van der Waals surface area contributed by atoms with Gasteiger partial charge in [0.15, 0.2) is 4.80 Å². The van der Waals surface area contributed by atoms with Gasteiger partial charge in [-0.05, 0) is 43.7 Å². The van der Waals surface area contributed by atoms with E-state index >= 15 is 0 Å². The fourth-order valence-corrected chi connectivity index (χ4v) is 4.37. The van der Waals surface area contributed by atoms with Gasteiger partial charge in [-0.3, -0.25) is 9.36 Å². The Balaban J connectivity index is 1.87. The lowest BCUT2D eigenvalue weighted by atomic mass is 9.96. The van der Waals surface area contributed by atoms with Crippen molar-refractivity contribution < 1.29 is 13.9 Å². The molecule has 0 saturated carbocycles. The van der Waals surface area contributed by atoms with Crippen LogP contribution in [0.5, 0.6) is 0 Å².